The van der Waals surface area contributed by atoms with Crippen molar-refractivity contribution in [3.63, 3.8) is 0 Å². The Kier molecular flexibility index (Phi) is 2.69. The van der Waals surface area contributed by atoms with E-state index in [1.54, 1.807) is 0 Å². The predicted octanol–water partition coefficient (Wildman–Crippen LogP) is 0.550. The molecule has 0 N–H and O–H groups in total. The van der Waals surface area contributed by atoms with E-state index in [2.05, 4.69) is 4.74 Å². The molecule has 5 nitrogen and oxygen atoms in total. The molecule has 66 valence electrons. The average molecular weight is 189 g/mol. The largest absolute Gasteiger partial charge is 0.460 e. The molecule has 0 unspecified atom stereocenters. The summed E-state index contributed by atoms with van der Waals surface area (Å²) in [6, 6.07) is 0. The maximum absolute atomic E-state index is 10.9. The van der Waals surface area contributed by atoms with Gasteiger partial charge in [-0.25, -0.2) is 9.10 Å². The number of imide groups is 1. The van der Waals surface area contributed by atoms with E-state index in [9.17, 15) is 14.4 Å². The summed E-state index contributed by atoms with van der Waals surface area (Å²) in [6.45, 7) is 0. The highest BCUT2D eigenvalue weighted by molar-refractivity contribution is 8.12. The van der Waals surface area contributed by atoms with Gasteiger partial charge in [-0.15, -0.1) is 0 Å². The average Bonchev–Trinajstić information content (AvgIpc) is 2.35. The first-order valence-corrected chi connectivity index (χ1v) is 4.04. The molecular weight excluding hydrogens is 182 g/mol. The van der Waals surface area contributed by atoms with Gasteiger partial charge in [-0.3, -0.25) is 9.59 Å². The lowest BCUT2D eigenvalue weighted by atomic mass is 10.4. The number of hydrogen-bond donors (Lipinski definition) is 0. The molecule has 1 rings (SSSR count). The van der Waals surface area contributed by atoms with Crippen molar-refractivity contribution in [1.82, 2.24) is 4.31 Å². The van der Waals surface area contributed by atoms with E-state index >= 15 is 0 Å². The third-order valence-electron chi connectivity index (χ3n) is 1.34. The zero-order valence-electron chi connectivity index (χ0n) is 6.40. The van der Waals surface area contributed by atoms with Crippen LogP contribution in [0.4, 0.5) is 4.79 Å². The van der Waals surface area contributed by atoms with Gasteiger partial charge in [-0.05, 0) is 0 Å². The molecule has 1 heterocycles. The fraction of sp³-hybridized carbons (Fsp3) is 0.500. The summed E-state index contributed by atoms with van der Waals surface area (Å²) in [5.74, 6) is -0.675. The first-order valence-electron chi connectivity index (χ1n) is 3.27. The van der Waals surface area contributed by atoms with Crippen LogP contribution in [0, 0.1) is 0 Å². The van der Waals surface area contributed by atoms with Crippen molar-refractivity contribution >= 4 is 29.1 Å². The number of ether oxygens (including phenoxy) is 1. The van der Waals surface area contributed by atoms with Gasteiger partial charge in [0.25, 0.3) is 0 Å². The Balaban J connectivity index is 2.56. The Morgan fingerprint density at radius 1 is 1.42 bits per heavy atom. The molecule has 6 heteroatoms. The lowest BCUT2D eigenvalue weighted by molar-refractivity contribution is -0.131. The Morgan fingerprint density at radius 3 is 2.33 bits per heavy atom. The lowest BCUT2D eigenvalue weighted by Gasteiger charge is -2.08. The summed E-state index contributed by atoms with van der Waals surface area (Å²) in [5, 5.41) is -0.654. The zero-order valence-corrected chi connectivity index (χ0v) is 7.22. The van der Waals surface area contributed by atoms with Crippen LogP contribution in [-0.4, -0.2) is 28.5 Å². The third-order valence-corrected chi connectivity index (χ3v) is 2.24. The zero-order chi connectivity index (χ0) is 9.14. The van der Waals surface area contributed by atoms with E-state index in [-0.39, 0.29) is 24.7 Å². The number of nitrogens with zero attached hydrogens (tertiary/aromatic N) is 1. The van der Waals surface area contributed by atoms with Gasteiger partial charge in [0.05, 0.1) is 19.1 Å². The maximum Gasteiger partial charge on any atom is 0.388 e. The van der Waals surface area contributed by atoms with Crippen molar-refractivity contribution in [2.75, 3.05) is 7.11 Å². The van der Waals surface area contributed by atoms with Crippen LogP contribution in [-0.2, 0) is 14.3 Å². The van der Waals surface area contributed by atoms with Crippen molar-refractivity contribution in [2.45, 2.75) is 12.8 Å². The second kappa shape index (κ2) is 3.57. The molecule has 0 atom stereocenters. The molecule has 0 radical (unpaired) electrons. The summed E-state index contributed by atoms with van der Waals surface area (Å²) in [7, 11) is 1.19. The van der Waals surface area contributed by atoms with Crippen LogP contribution in [0.2, 0.25) is 0 Å². The second-order valence-electron chi connectivity index (χ2n) is 2.13. The molecule has 12 heavy (non-hydrogen) atoms. The minimum atomic E-state index is -0.654. The van der Waals surface area contributed by atoms with Crippen molar-refractivity contribution in [3.05, 3.63) is 0 Å². The second-order valence-corrected chi connectivity index (χ2v) is 3.01. The highest BCUT2D eigenvalue weighted by Crippen LogP contribution is 2.22. The number of rotatable bonds is 1. The smallest absolute Gasteiger partial charge is 0.388 e. The molecule has 1 fully saturated rings. The van der Waals surface area contributed by atoms with E-state index in [1.165, 1.54) is 7.11 Å². The fourth-order valence-electron chi connectivity index (χ4n) is 0.770. The van der Waals surface area contributed by atoms with Gasteiger partial charge in [0.2, 0.25) is 11.8 Å². The monoisotopic (exact) mass is 189 g/mol. The van der Waals surface area contributed by atoms with Gasteiger partial charge in [-0.2, -0.15) is 0 Å². The summed E-state index contributed by atoms with van der Waals surface area (Å²) in [6.07, 6.45) is 0.367. The van der Waals surface area contributed by atoms with Crippen LogP contribution in [0.1, 0.15) is 12.8 Å². The SMILES string of the molecule is COC(=O)SN1C(=O)CCC1=O. The van der Waals surface area contributed by atoms with Crippen LogP contribution < -0.4 is 0 Å². The molecule has 1 aliphatic rings. The van der Waals surface area contributed by atoms with Crippen molar-refractivity contribution in [1.29, 1.82) is 0 Å². The molecule has 1 aliphatic heterocycles. The van der Waals surface area contributed by atoms with Gasteiger partial charge >= 0.3 is 5.30 Å². The number of carbonyl (C=O) groups is 3. The van der Waals surface area contributed by atoms with Crippen LogP contribution in [0.3, 0.4) is 0 Å². The summed E-state index contributed by atoms with van der Waals surface area (Å²) < 4.78 is 5.13. The van der Waals surface area contributed by atoms with Gasteiger partial charge in [0, 0.05) is 12.8 Å². The van der Waals surface area contributed by atoms with Gasteiger partial charge in [0.1, 0.15) is 0 Å². The summed E-state index contributed by atoms with van der Waals surface area (Å²) in [5.41, 5.74) is 0. The highest BCUT2D eigenvalue weighted by Gasteiger charge is 2.32. The molecule has 2 amide bonds. The Labute approximate surface area is 73.2 Å². The Bertz CT molecular complexity index is 224. The molecule has 1 saturated heterocycles. The van der Waals surface area contributed by atoms with E-state index in [4.69, 9.17) is 0 Å². The lowest BCUT2D eigenvalue weighted by Crippen LogP contribution is -2.23. The number of methoxy groups -OCH3 is 1. The standard InChI is InChI=1S/C6H7NO4S/c1-11-6(10)12-7-4(8)2-3-5(7)9/h2-3H2,1H3. The molecule has 0 aromatic carbocycles. The van der Waals surface area contributed by atoms with Crippen molar-refractivity contribution in [3.8, 4) is 0 Å². The fourth-order valence-corrected chi connectivity index (χ4v) is 1.38. The van der Waals surface area contributed by atoms with E-state index in [0.717, 1.165) is 4.31 Å². The molecular formula is C6H7NO4S. The Morgan fingerprint density at radius 2 is 1.92 bits per heavy atom. The third kappa shape index (κ3) is 1.76. The first kappa shape index (κ1) is 9.05. The highest BCUT2D eigenvalue weighted by atomic mass is 32.2. The van der Waals surface area contributed by atoms with E-state index in [0.29, 0.717) is 11.9 Å². The quantitative estimate of drug-likeness (QED) is 0.342. The van der Waals surface area contributed by atoms with Gasteiger partial charge in [-0.1, -0.05) is 0 Å². The van der Waals surface area contributed by atoms with E-state index < -0.39 is 5.30 Å². The first-order chi connectivity index (χ1) is 5.65. The number of carbonyl (C=O) groups excluding carboxylic acids is 3. The van der Waals surface area contributed by atoms with Crippen LogP contribution >= 0.6 is 11.9 Å². The number of hydrogen-bond acceptors (Lipinski definition) is 5. The van der Waals surface area contributed by atoms with Crippen molar-refractivity contribution in [2.24, 2.45) is 0 Å². The minimum absolute atomic E-state index is 0.183. The topological polar surface area (TPSA) is 63.7 Å². The molecule has 0 saturated carbocycles. The Hall–Kier alpha value is -1.04. The van der Waals surface area contributed by atoms with Gasteiger partial charge in [0.15, 0.2) is 0 Å². The molecule has 0 aliphatic carbocycles. The van der Waals surface area contributed by atoms with Crippen molar-refractivity contribution < 1.29 is 19.1 Å². The van der Waals surface area contributed by atoms with E-state index in [1.807, 2.05) is 0 Å². The number of amides is 2. The molecule has 0 bridgehead atoms. The normalized spacial score (nSPS) is 16.9. The predicted molar refractivity (Wildman–Crippen MR) is 41.1 cm³/mol. The molecule has 0 aromatic rings. The minimum Gasteiger partial charge on any atom is -0.460 e. The van der Waals surface area contributed by atoms with Gasteiger partial charge < -0.3 is 4.74 Å². The van der Waals surface area contributed by atoms with Crippen LogP contribution in [0.5, 0.6) is 0 Å². The summed E-state index contributed by atoms with van der Waals surface area (Å²) >= 11 is 0.497. The molecule has 0 spiro atoms. The summed E-state index contributed by atoms with van der Waals surface area (Å²) in [4.78, 5) is 32.5. The molecule has 0 aromatic heterocycles. The van der Waals surface area contributed by atoms with Crippen LogP contribution in [0.25, 0.3) is 0 Å². The van der Waals surface area contributed by atoms with Crippen LogP contribution in [0.15, 0.2) is 0 Å². The maximum atomic E-state index is 10.9.